The highest BCUT2D eigenvalue weighted by molar-refractivity contribution is 6.31. The summed E-state index contributed by atoms with van der Waals surface area (Å²) in [6.07, 6.45) is 1.50. The summed E-state index contributed by atoms with van der Waals surface area (Å²) in [5.74, 6) is 0.852. The van der Waals surface area contributed by atoms with Crippen molar-refractivity contribution in [1.29, 1.82) is 0 Å². The first-order chi connectivity index (χ1) is 9.58. The number of furan rings is 1. The topological polar surface area (TPSA) is 65.2 Å². The normalized spacial score (nSPS) is 10.9. The Labute approximate surface area is 121 Å². The predicted octanol–water partition coefficient (Wildman–Crippen LogP) is 4.45. The highest BCUT2D eigenvalue weighted by Gasteiger charge is 2.21. The molecule has 0 fully saturated rings. The minimum atomic E-state index is 0.256. The summed E-state index contributed by atoms with van der Waals surface area (Å²) >= 11 is 6.00. The minimum absolute atomic E-state index is 0.256. The first-order valence-electron chi connectivity index (χ1n) is 6.14. The molecule has 5 heteroatoms. The third-order valence-electron chi connectivity index (χ3n) is 3.38. The molecular weight excluding hydrogens is 276 g/mol. The highest BCUT2D eigenvalue weighted by Crippen LogP contribution is 2.40. The van der Waals surface area contributed by atoms with E-state index in [1.54, 1.807) is 6.07 Å². The number of aromatic nitrogens is 1. The summed E-state index contributed by atoms with van der Waals surface area (Å²) in [4.78, 5) is 0. The molecule has 3 rings (SSSR count). The number of benzene rings is 1. The lowest BCUT2D eigenvalue weighted by atomic mass is 9.99. The number of hydrogen-bond donors (Lipinski definition) is 1. The molecule has 0 atom stereocenters. The number of anilines is 1. The first-order valence-corrected chi connectivity index (χ1v) is 6.52. The van der Waals surface area contributed by atoms with Gasteiger partial charge in [-0.3, -0.25) is 0 Å². The highest BCUT2D eigenvalue weighted by atomic mass is 35.5. The van der Waals surface area contributed by atoms with Crippen LogP contribution >= 0.6 is 11.6 Å². The summed E-state index contributed by atoms with van der Waals surface area (Å²) in [7, 11) is 0. The molecule has 2 N–H and O–H groups in total. The second-order valence-corrected chi connectivity index (χ2v) is 5.02. The second-order valence-electron chi connectivity index (χ2n) is 4.68. The molecule has 0 aliphatic rings. The molecule has 1 aromatic carbocycles. The Morgan fingerprint density at radius 1 is 1.15 bits per heavy atom. The fraction of sp³-hybridized carbons (Fsp3) is 0.133. The molecule has 0 aliphatic heterocycles. The van der Waals surface area contributed by atoms with Crippen molar-refractivity contribution in [2.24, 2.45) is 0 Å². The maximum Gasteiger partial charge on any atom is 0.204 e. The van der Waals surface area contributed by atoms with E-state index in [4.69, 9.17) is 26.3 Å². The lowest BCUT2D eigenvalue weighted by Crippen LogP contribution is -1.90. The quantitative estimate of drug-likeness (QED) is 0.756. The Morgan fingerprint density at radius 3 is 2.60 bits per heavy atom. The minimum Gasteiger partial charge on any atom is -0.452 e. The lowest BCUT2D eigenvalue weighted by Gasteiger charge is -2.05. The van der Waals surface area contributed by atoms with Crippen molar-refractivity contribution in [1.82, 2.24) is 5.16 Å². The Hall–Kier alpha value is -2.20. The number of nitrogens with two attached hydrogens (primary N) is 1. The Bertz CT molecular complexity index is 774. The number of nitrogens with zero attached hydrogens (tertiary/aromatic N) is 1. The van der Waals surface area contributed by atoms with Gasteiger partial charge in [0.25, 0.3) is 0 Å². The van der Waals surface area contributed by atoms with Gasteiger partial charge in [-0.05, 0) is 48.2 Å². The molecule has 3 aromatic rings. The van der Waals surface area contributed by atoms with Gasteiger partial charge in [0.2, 0.25) is 5.22 Å². The van der Waals surface area contributed by atoms with Gasteiger partial charge in [0.05, 0.1) is 17.4 Å². The number of nitrogen functional groups attached to an aromatic ring is 1. The fourth-order valence-electron chi connectivity index (χ4n) is 2.12. The van der Waals surface area contributed by atoms with Crippen molar-refractivity contribution < 1.29 is 8.94 Å². The van der Waals surface area contributed by atoms with Gasteiger partial charge >= 0.3 is 0 Å². The van der Waals surface area contributed by atoms with Crippen molar-refractivity contribution in [3.63, 3.8) is 0 Å². The van der Waals surface area contributed by atoms with Crippen LogP contribution in [0.2, 0.25) is 5.22 Å². The molecule has 0 unspecified atom stereocenters. The molecule has 2 heterocycles. The Kier molecular flexibility index (Phi) is 3.03. The van der Waals surface area contributed by atoms with Gasteiger partial charge < -0.3 is 14.7 Å². The molecule has 102 valence electrons. The SMILES string of the molecule is Cc1ccc(-c2c(N)noc2-c2ccoc2Cl)cc1C. The lowest BCUT2D eigenvalue weighted by molar-refractivity contribution is 0.435. The number of aryl methyl sites for hydroxylation is 2. The zero-order chi connectivity index (χ0) is 14.3. The third kappa shape index (κ3) is 1.98. The molecule has 0 saturated heterocycles. The van der Waals surface area contributed by atoms with Crippen LogP contribution in [0.5, 0.6) is 0 Å². The van der Waals surface area contributed by atoms with E-state index < -0.39 is 0 Å². The molecule has 0 spiro atoms. The molecule has 0 radical (unpaired) electrons. The van der Waals surface area contributed by atoms with Crippen LogP contribution < -0.4 is 5.73 Å². The van der Waals surface area contributed by atoms with Gasteiger partial charge in [0.15, 0.2) is 11.6 Å². The van der Waals surface area contributed by atoms with E-state index in [2.05, 4.69) is 18.1 Å². The number of rotatable bonds is 2. The van der Waals surface area contributed by atoms with Crippen LogP contribution in [0.4, 0.5) is 5.82 Å². The van der Waals surface area contributed by atoms with E-state index in [9.17, 15) is 0 Å². The van der Waals surface area contributed by atoms with Gasteiger partial charge in [-0.1, -0.05) is 23.4 Å². The maximum atomic E-state index is 6.00. The van der Waals surface area contributed by atoms with Crippen LogP contribution in [0.25, 0.3) is 22.5 Å². The largest absolute Gasteiger partial charge is 0.452 e. The zero-order valence-corrected chi connectivity index (χ0v) is 11.9. The van der Waals surface area contributed by atoms with Gasteiger partial charge in [0.1, 0.15) is 0 Å². The first kappa shape index (κ1) is 12.8. The molecule has 0 amide bonds. The van der Waals surface area contributed by atoms with E-state index in [-0.39, 0.29) is 5.22 Å². The van der Waals surface area contributed by atoms with Crippen molar-refractivity contribution in [3.05, 3.63) is 46.9 Å². The van der Waals surface area contributed by atoms with Crippen molar-refractivity contribution in [2.75, 3.05) is 5.73 Å². The molecule has 0 saturated carbocycles. The van der Waals surface area contributed by atoms with E-state index in [0.717, 1.165) is 11.1 Å². The Balaban J connectivity index is 2.21. The van der Waals surface area contributed by atoms with Gasteiger partial charge in [-0.25, -0.2) is 0 Å². The second kappa shape index (κ2) is 4.72. The van der Waals surface area contributed by atoms with Crippen molar-refractivity contribution >= 4 is 17.4 Å². The summed E-state index contributed by atoms with van der Waals surface area (Å²) in [5, 5.41) is 4.10. The third-order valence-corrected chi connectivity index (χ3v) is 3.67. The molecule has 0 aliphatic carbocycles. The van der Waals surface area contributed by atoms with E-state index in [0.29, 0.717) is 17.1 Å². The number of hydrogen-bond acceptors (Lipinski definition) is 4. The number of halogens is 1. The molecule has 20 heavy (non-hydrogen) atoms. The van der Waals surface area contributed by atoms with Gasteiger partial charge in [-0.15, -0.1) is 0 Å². The summed E-state index contributed by atoms with van der Waals surface area (Å²) in [5.41, 5.74) is 10.6. The van der Waals surface area contributed by atoms with E-state index in [1.807, 2.05) is 19.1 Å². The zero-order valence-electron chi connectivity index (χ0n) is 11.1. The van der Waals surface area contributed by atoms with Gasteiger partial charge in [-0.2, -0.15) is 0 Å². The average molecular weight is 289 g/mol. The predicted molar refractivity (Wildman–Crippen MR) is 78.5 cm³/mol. The van der Waals surface area contributed by atoms with E-state index in [1.165, 1.54) is 17.4 Å². The average Bonchev–Trinajstić information content (AvgIpc) is 2.99. The summed E-state index contributed by atoms with van der Waals surface area (Å²) in [6.45, 7) is 4.11. The van der Waals surface area contributed by atoms with Crippen LogP contribution in [0.3, 0.4) is 0 Å². The van der Waals surface area contributed by atoms with E-state index >= 15 is 0 Å². The summed E-state index contributed by atoms with van der Waals surface area (Å²) < 4.78 is 10.4. The molecule has 4 nitrogen and oxygen atoms in total. The van der Waals surface area contributed by atoms with Crippen LogP contribution in [0.1, 0.15) is 11.1 Å². The maximum absolute atomic E-state index is 6.00. The van der Waals surface area contributed by atoms with Crippen LogP contribution in [-0.4, -0.2) is 5.16 Å². The summed E-state index contributed by atoms with van der Waals surface area (Å²) in [6, 6.07) is 7.81. The van der Waals surface area contributed by atoms with Crippen LogP contribution in [-0.2, 0) is 0 Å². The smallest absolute Gasteiger partial charge is 0.204 e. The molecular formula is C15H13ClN2O2. The molecule has 0 bridgehead atoms. The fourth-order valence-corrected chi connectivity index (χ4v) is 2.32. The van der Waals surface area contributed by atoms with Crippen LogP contribution in [0.15, 0.2) is 39.5 Å². The van der Waals surface area contributed by atoms with Gasteiger partial charge in [0, 0.05) is 0 Å². The monoisotopic (exact) mass is 288 g/mol. The van der Waals surface area contributed by atoms with Crippen LogP contribution in [0, 0.1) is 13.8 Å². The standard InChI is InChI=1S/C15H13ClN2O2/c1-8-3-4-10(7-9(8)2)12-13(20-18-15(12)17)11-5-6-19-14(11)16/h3-7H,1-2H3,(H2,17,18). The van der Waals surface area contributed by atoms with Crippen molar-refractivity contribution in [3.8, 4) is 22.5 Å². The molecule has 2 aromatic heterocycles. The Morgan fingerprint density at radius 2 is 1.95 bits per heavy atom. The van der Waals surface area contributed by atoms with Crippen molar-refractivity contribution in [2.45, 2.75) is 13.8 Å².